The van der Waals surface area contributed by atoms with Crippen LogP contribution >= 0.6 is 0 Å². The normalized spacial score (nSPS) is 17.5. The fourth-order valence-corrected chi connectivity index (χ4v) is 3.02. The monoisotopic (exact) mass is 295 g/mol. The second-order valence-electron chi connectivity index (χ2n) is 5.41. The zero-order chi connectivity index (χ0) is 15.5. The molecule has 2 aromatic rings. The number of carbonyl (C=O) groups is 2. The molecule has 0 aromatic heterocycles. The lowest BCUT2D eigenvalue weighted by atomic mass is 9.93. The van der Waals surface area contributed by atoms with Crippen molar-refractivity contribution < 1.29 is 14.7 Å². The number of benzene rings is 2. The van der Waals surface area contributed by atoms with Gasteiger partial charge in [0.05, 0.1) is 6.04 Å². The topological polar surface area (TPSA) is 57.6 Å². The van der Waals surface area contributed by atoms with E-state index in [1.54, 1.807) is 6.07 Å². The van der Waals surface area contributed by atoms with Crippen LogP contribution in [0.5, 0.6) is 0 Å². The van der Waals surface area contributed by atoms with Crippen LogP contribution in [0.1, 0.15) is 23.2 Å². The molecule has 1 saturated heterocycles. The van der Waals surface area contributed by atoms with Gasteiger partial charge in [0.25, 0.3) is 0 Å². The van der Waals surface area contributed by atoms with E-state index in [0.29, 0.717) is 18.5 Å². The molecule has 3 rings (SSSR count). The van der Waals surface area contributed by atoms with E-state index in [0.717, 1.165) is 17.5 Å². The number of ketones is 1. The van der Waals surface area contributed by atoms with Crippen LogP contribution < -0.4 is 0 Å². The van der Waals surface area contributed by atoms with Crippen molar-refractivity contribution in [2.75, 3.05) is 6.54 Å². The van der Waals surface area contributed by atoms with E-state index in [4.69, 9.17) is 0 Å². The lowest BCUT2D eigenvalue weighted by molar-refractivity contribution is 0.0845. The molecular formula is C18H17NO3. The minimum absolute atomic E-state index is 0.112. The lowest BCUT2D eigenvalue weighted by Crippen LogP contribution is -2.39. The van der Waals surface area contributed by atoms with Crippen molar-refractivity contribution in [2.24, 2.45) is 0 Å². The maximum Gasteiger partial charge on any atom is 0.407 e. The number of hydrogen-bond donors (Lipinski definition) is 1. The molecule has 0 spiro atoms. The van der Waals surface area contributed by atoms with Crippen LogP contribution in [0.2, 0.25) is 0 Å². The van der Waals surface area contributed by atoms with E-state index >= 15 is 0 Å². The standard InChI is InChI=1S/C18H17NO3/c20-17(16-11-6-12-19(16)18(21)22)15-10-5-4-9-14(15)13-7-2-1-3-8-13/h1-5,7-10,16H,6,11-12H2,(H,21,22). The third kappa shape index (κ3) is 2.60. The zero-order valence-corrected chi connectivity index (χ0v) is 12.1. The molecule has 1 heterocycles. The Morgan fingerprint density at radius 2 is 1.68 bits per heavy atom. The van der Waals surface area contributed by atoms with Gasteiger partial charge in [-0.25, -0.2) is 4.79 Å². The third-order valence-electron chi connectivity index (χ3n) is 4.08. The second-order valence-corrected chi connectivity index (χ2v) is 5.41. The average molecular weight is 295 g/mol. The number of rotatable bonds is 3. The van der Waals surface area contributed by atoms with Gasteiger partial charge in [0.1, 0.15) is 0 Å². The molecule has 1 amide bonds. The number of carbonyl (C=O) groups excluding carboxylic acids is 1. The molecule has 0 aliphatic carbocycles. The summed E-state index contributed by atoms with van der Waals surface area (Å²) in [7, 11) is 0. The molecule has 2 aromatic carbocycles. The van der Waals surface area contributed by atoms with E-state index in [1.807, 2.05) is 48.5 Å². The Bertz CT molecular complexity index is 696. The van der Waals surface area contributed by atoms with Gasteiger partial charge >= 0.3 is 6.09 Å². The Hall–Kier alpha value is -2.62. The van der Waals surface area contributed by atoms with Gasteiger partial charge in [0.2, 0.25) is 0 Å². The highest BCUT2D eigenvalue weighted by atomic mass is 16.4. The van der Waals surface area contributed by atoms with Gasteiger partial charge in [-0.1, -0.05) is 54.6 Å². The van der Waals surface area contributed by atoms with E-state index in [9.17, 15) is 14.7 Å². The Morgan fingerprint density at radius 3 is 2.41 bits per heavy atom. The minimum Gasteiger partial charge on any atom is -0.465 e. The summed E-state index contributed by atoms with van der Waals surface area (Å²) in [5.74, 6) is -0.112. The second kappa shape index (κ2) is 6.02. The molecular weight excluding hydrogens is 278 g/mol. The highest BCUT2D eigenvalue weighted by Gasteiger charge is 2.35. The van der Waals surface area contributed by atoms with E-state index < -0.39 is 12.1 Å². The summed E-state index contributed by atoms with van der Waals surface area (Å²) >= 11 is 0. The quantitative estimate of drug-likeness (QED) is 0.879. The first-order chi connectivity index (χ1) is 10.7. The molecule has 4 heteroatoms. The number of hydrogen-bond acceptors (Lipinski definition) is 2. The van der Waals surface area contributed by atoms with Crippen LogP contribution in [0.25, 0.3) is 11.1 Å². The minimum atomic E-state index is -1.02. The first-order valence-electron chi connectivity index (χ1n) is 7.36. The van der Waals surface area contributed by atoms with Crippen molar-refractivity contribution in [1.82, 2.24) is 4.90 Å². The molecule has 22 heavy (non-hydrogen) atoms. The average Bonchev–Trinajstić information content (AvgIpc) is 3.05. The van der Waals surface area contributed by atoms with Crippen molar-refractivity contribution in [3.05, 3.63) is 60.2 Å². The predicted octanol–water partition coefficient (Wildman–Crippen LogP) is 3.68. The largest absolute Gasteiger partial charge is 0.465 e. The summed E-state index contributed by atoms with van der Waals surface area (Å²) < 4.78 is 0. The molecule has 1 aliphatic heterocycles. The van der Waals surface area contributed by atoms with Crippen LogP contribution in [0, 0.1) is 0 Å². The van der Waals surface area contributed by atoms with Crippen molar-refractivity contribution >= 4 is 11.9 Å². The molecule has 0 bridgehead atoms. The summed E-state index contributed by atoms with van der Waals surface area (Å²) in [4.78, 5) is 25.4. The Morgan fingerprint density at radius 1 is 1.00 bits per heavy atom. The van der Waals surface area contributed by atoms with Gasteiger partial charge < -0.3 is 5.11 Å². The van der Waals surface area contributed by atoms with Gasteiger partial charge in [0.15, 0.2) is 5.78 Å². The van der Waals surface area contributed by atoms with Crippen molar-refractivity contribution in [3.8, 4) is 11.1 Å². The fourth-order valence-electron chi connectivity index (χ4n) is 3.02. The highest BCUT2D eigenvalue weighted by Crippen LogP contribution is 2.28. The molecule has 0 saturated carbocycles. The predicted molar refractivity (Wildman–Crippen MR) is 84.0 cm³/mol. The molecule has 1 N–H and O–H groups in total. The molecule has 112 valence electrons. The van der Waals surface area contributed by atoms with E-state index in [2.05, 4.69) is 0 Å². The van der Waals surface area contributed by atoms with Crippen LogP contribution in [-0.2, 0) is 0 Å². The van der Waals surface area contributed by atoms with Crippen LogP contribution in [0.3, 0.4) is 0 Å². The molecule has 1 fully saturated rings. The maximum atomic E-state index is 12.9. The molecule has 1 aliphatic rings. The van der Waals surface area contributed by atoms with Crippen molar-refractivity contribution in [2.45, 2.75) is 18.9 Å². The lowest BCUT2D eigenvalue weighted by Gasteiger charge is -2.21. The van der Waals surface area contributed by atoms with Gasteiger partial charge in [-0.05, 0) is 24.0 Å². The van der Waals surface area contributed by atoms with Gasteiger partial charge in [-0.3, -0.25) is 9.69 Å². The number of nitrogens with zero attached hydrogens (tertiary/aromatic N) is 1. The van der Waals surface area contributed by atoms with Gasteiger partial charge in [0, 0.05) is 12.1 Å². The van der Waals surface area contributed by atoms with Crippen LogP contribution in [0.4, 0.5) is 4.79 Å². The molecule has 1 atom stereocenters. The van der Waals surface area contributed by atoms with Crippen LogP contribution in [-0.4, -0.2) is 34.5 Å². The number of likely N-dealkylation sites (tertiary alicyclic amines) is 1. The zero-order valence-electron chi connectivity index (χ0n) is 12.1. The fraction of sp³-hybridized carbons (Fsp3) is 0.222. The van der Waals surface area contributed by atoms with Gasteiger partial charge in [-0.2, -0.15) is 0 Å². The summed E-state index contributed by atoms with van der Waals surface area (Å²) in [5, 5.41) is 9.24. The third-order valence-corrected chi connectivity index (χ3v) is 4.08. The number of amides is 1. The molecule has 4 nitrogen and oxygen atoms in total. The van der Waals surface area contributed by atoms with Crippen molar-refractivity contribution in [3.63, 3.8) is 0 Å². The molecule has 0 radical (unpaired) electrons. The summed E-state index contributed by atoms with van der Waals surface area (Å²) in [5.41, 5.74) is 2.41. The first kappa shape index (κ1) is 14.3. The van der Waals surface area contributed by atoms with Gasteiger partial charge in [-0.15, -0.1) is 0 Å². The number of Topliss-reactive ketones (excluding diaryl/α,β-unsaturated/α-hetero) is 1. The van der Waals surface area contributed by atoms with Crippen LogP contribution in [0.15, 0.2) is 54.6 Å². The smallest absolute Gasteiger partial charge is 0.407 e. The highest BCUT2D eigenvalue weighted by molar-refractivity contribution is 6.06. The first-order valence-corrected chi connectivity index (χ1v) is 7.36. The van der Waals surface area contributed by atoms with E-state index in [1.165, 1.54) is 4.90 Å². The summed E-state index contributed by atoms with van der Waals surface area (Å²) in [6.07, 6.45) is 0.304. The summed E-state index contributed by atoms with van der Waals surface area (Å²) in [6, 6.07) is 16.5. The van der Waals surface area contributed by atoms with Crippen molar-refractivity contribution in [1.29, 1.82) is 0 Å². The Kier molecular flexibility index (Phi) is 3.92. The SMILES string of the molecule is O=C(c1ccccc1-c1ccccc1)C1CCCN1C(=O)O. The number of carboxylic acid groups (broad SMARTS) is 1. The summed E-state index contributed by atoms with van der Waals surface area (Å²) in [6.45, 7) is 0.430. The molecule has 1 unspecified atom stereocenters. The Balaban J connectivity index is 1.99. The Labute approximate surface area is 129 Å². The maximum absolute atomic E-state index is 12.9. The van der Waals surface area contributed by atoms with E-state index in [-0.39, 0.29) is 5.78 Å².